The number of nitrogens with zero attached hydrogens (tertiary/aromatic N) is 2. The second-order valence-electron chi connectivity index (χ2n) is 15.7. The van der Waals surface area contributed by atoms with Crippen LogP contribution in [0.5, 0.6) is 5.75 Å². The average molecular weight is 687 g/mol. The monoisotopic (exact) mass is 686 g/mol. The van der Waals surface area contributed by atoms with Crippen molar-refractivity contribution in [3.05, 3.63) is 70.8 Å². The zero-order valence-electron chi connectivity index (χ0n) is 29.5. The molecule has 0 aromatic heterocycles. The highest BCUT2D eigenvalue weighted by atomic mass is 32.2. The molecule has 0 radical (unpaired) electrons. The molecule has 7 nitrogen and oxygen atoms in total. The summed E-state index contributed by atoms with van der Waals surface area (Å²) in [6.45, 7) is 4.39. The molecule has 1 amide bonds. The van der Waals surface area contributed by atoms with Crippen LogP contribution in [0.4, 0.5) is 5.69 Å². The molecule has 5 atom stereocenters. The standard InChI is InChI=1S/C41H54N2O5S/c1-29-13-19-36-31(23-29)11-8-21-41(36)27-43-25-33-15-18-35(33)38(47-2)12-4-3-7-22-49(46,26-34(44)17-14-30-9-5-6-10-30)42-40(45)32-16-20-39(48-28-41)37(43)24-32/h4,12-13,16,19-20,23-24,30,33,35,38H,3,5-11,14-15,17-18,21-22,25-28H2,1-2H3/b12-4+/t33-,35+,38-,41-,49+/m0/s1. The summed E-state index contributed by atoms with van der Waals surface area (Å²) in [5.74, 6) is 1.74. The van der Waals surface area contributed by atoms with Crippen molar-refractivity contribution < 1.29 is 23.3 Å². The summed E-state index contributed by atoms with van der Waals surface area (Å²) in [6, 6.07) is 12.5. The zero-order valence-corrected chi connectivity index (χ0v) is 30.3. The van der Waals surface area contributed by atoms with Gasteiger partial charge in [0, 0.05) is 43.4 Å². The molecule has 5 aliphatic rings. The Morgan fingerprint density at radius 3 is 2.73 bits per heavy atom. The summed E-state index contributed by atoms with van der Waals surface area (Å²) in [6.07, 6.45) is 17.2. The molecule has 2 bridgehead atoms. The zero-order chi connectivity index (χ0) is 34.0. The fourth-order valence-electron chi connectivity index (χ4n) is 9.34. The van der Waals surface area contributed by atoms with Crippen LogP contribution in [0.15, 0.2) is 52.9 Å². The number of carbonyl (C=O) groups excluding carboxylic acids is 2. The number of anilines is 1. The summed E-state index contributed by atoms with van der Waals surface area (Å²) in [5, 5.41) is 0. The molecule has 1 spiro atoms. The van der Waals surface area contributed by atoms with Gasteiger partial charge in [-0.05, 0) is 105 Å². The molecule has 264 valence electrons. The molecule has 0 N–H and O–H groups in total. The van der Waals surface area contributed by atoms with Gasteiger partial charge >= 0.3 is 0 Å². The third-order valence-corrected chi connectivity index (χ3v) is 14.4. The number of hydrogen-bond acceptors (Lipinski definition) is 6. The van der Waals surface area contributed by atoms with Crippen LogP contribution in [0.1, 0.15) is 104 Å². The van der Waals surface area contributed by atoms with E-state index in [9.17, 15) is 13.8 Å². The maximum absolute atomic E-state index is 14.4. The van der Waals surface area contributed by atoms with Crippen LogP contribution in [-0.2, 0) is 31.1 Å². The number of allylic oxidation sites excluding steroid dienone is 1. The third kappa shape index (κ3) is 7.56. The predicted molar refractivity (Wildman–Crippen MR) is 196 cm³/mol. The van der Waals surface area contributed by atoms with E-state index in [1.54, 1.807) is 13.2 Å². The van der Waals surface area contributed by atoms with Crippen molar-refractivity contribution in [2.45, 2.75) is 102 Å². The lowest BCUT2D eigenvalue weighted by molar-refractivity contribution is -0.116. The van der Waals surface area contributed by atoms with E-state index in [1.165, 1.54) is 42.4 Å². The Morgan fingerprint density at radius 2 is 1.94 bits per heavy atom. The minimum absolute atomic E-state index is 0.0146. The first-order chi connectivity index (χ1) is 23.7. The van der Waals surface area contributed by atoms with E-state index in [-0.39, 0.29) is 28.8 Å². The Morgan fingerprint density at radius 1 is 1.08 bits per heavy atom. The van der Waals surface area contributed by atoms with Crippen LogP contribution in [0.2, 0.25) is 0 Å². The van der Waals surface area contributed by atoms with E-state index in [1.807, 2.05) is 12.1 Å². The van der Waals surface area contributed by atoms with Crippen LogP contribution in [-0.4, -0.2) is 60.3 Å². The lowest BCUT2D eigenvalue weighted by atomic mass is 9.68. The van der Waals surface area contributed by atoms with Gasteiger partial charge in [-0.25, -0.2) is 4.21 Å². The Labute approximate surface area is 293 Å². The van der Waals surface area contributed by atoms with Gasteiger partial charge in [-0.2, -0.15) is 4.36 Å². The maximum Gasteiger partial charge on any atom is 0.285 e. The maximum atomic E-state index is 14.4. The number of aryl methyl sites for hydroxylation is 2. The quantitative estimate of drug-likeness (QED) is 0.287. The number of ether oxygens (including phenoxy) is 2. The number of methoxy groups -OCH3 is 1. The van der Waals surface area contributed by atoms with Gasteiger partial charge in [0.1, 0.15) is 11.5 Å². The average Bonchev–Trinajstić information content (AvgIpc) is 3.55. The fraction of sp³-hybridized carbons (Fsp3) is 0.610. The lowest BCUT2D eigenvalue weighted by Crippen LogP contribution is -2.49. The highest BCUT2D eigenvalue weighted by molar-refractivity contribution is 7.94. The summed E-state index contributed by atoms with van der Waals surface area (Å²) in [5.41, 5.74) is 5.23. The Kier molecular flexibility index (Phi) is 10.4. The van der Waals surface area contributed by atoms with Crippen LogP contribution in [0.3, 0.4) is 0 Å². The number of amides is 1. The summed E-state index contributed by atoms with van der Waals surface area (Å²) >= 11 is 0. The molecule has 2 heterocycles. The third-order valence-electron chi connectivity index (χ3n) is 12.2. The van der Waals surface area contributed by atoms with Crippen molar-refractivity contribution in [2.75, 3.05) is 43.2 Å². The van der Waals surface area contributed by atoms with Crippen molar-refractivity contribution in [3.63, 3.8) is 0 Å². The van der Waals surface area contributed by atoms with Crippen molar-refractivity contribution >= 4 is 27.1 Å². The van der Waals surface area contributed by atoms with Gasteiger partial charge < -0.3 is 14.4 Å². The summed E-state index contributed by atoms with van der Waals surface area (Å²) < 4.78 is 31.5. The number of hydrogen-bond donors (Lipinski definition) is 0. The lowest BCUT2D eigenvalue weighted by Gasteiger charge is -2.46. The van der Waals surface area contributed by atoms with E-state index in [2.05, 4.69) is 46.5 Å². The summed E-state index contributed by atoms with van der Waals surface area (Å²) in [7, 11) is -1.27. The van der Waals surface area contributed by atoms with Crippen LogP contribution in [0, 0.1) is 24.7 Å². The van der Waals surface area contributed by atoms with Crippen molar-refractivity contribution in [1.82, 2.24) is 0 Å². The Bertz CT molecular complexity index is 1700. The molecule has 7 rings (SSSR count). The second kappa shape index (κ2) is 14.7. The number of carbonyl (C=O) groups is 2. The van der Waals surface area contributed by atoms with Crippen LogP contribution >= 0.6 is 0 Å². The topological polar surface area (TPSA) is 85.3 Å². The molecular weight excluding hydrogens is 633 g/mol. The highest BCUT2D eigenvalue weighted by Crippen LogP contribution is 2.47. The highest BCUT2D eigenvalue weighted by Gasteiger charge is 2.44. The number of fused-ring (bicyclic) bond motifs is 4. The second-order valence-corrected chi connectivity index (χ2v) is 18.1. The van der Waals surface area contributed by atoms with Crippen LogP contribution < -0.4 is 9.64 Å². The van der Waals surface area contributed by atoms with Crippen molar-refractivity contribution in [3.8, 4) is 5.75 Å². The first-order valence-corrected chi connectivity index (χ1v) is 20.7. The minimum atomic E-state index is -3.07. The van der Waals surface area contributed by atoms with E-state index in [0.717, 1.165) is 63.1 Å². The van der Waals surface area contributed by atoms with Gasteiger partial charge in [-0.1, -0.05) is 61.6 Å². The number of rotatable bonds is 6. The fourth-order valence-corrected chi connectivity index (χ4v) is 11.3. The van der Waals surface area contributed by atoms with E-state index in [0.29, 0.717) is 49.2 Å². The Hall–Kier alpha value is -2.97. The van der Waals surface area contributed by atoms with Gasteiger partial charge in [0.05, 0.1) is 33.9 Å². The smallest absolute Gasteiger partial charge is 0.285 e. The molecule has 8 heteroatoms. The SMILES string of the molecule is CO[C@H]1/C=C/CCC[S@@](=O)(CC(=O)CCC2CCCC2)=NC(=O)c2ccc3c(c2)N(C[C@@H]2CC[C@H]21)C[C@@]1(CCCc2cc(C)ccc21)CO3. The number of benzene rings is 2. The molecule has 0 unspecified atom stereocenters. The molecule has 49 heavy (non-hydrogen) atoms. The van der Waals surface area contributed by atoms with Gasteiger partial charge in [-0.3, -0.25) is 9.59 Å². The molecule has 2 saturated carbocycles. The normalized spacial score (nSPS) is 31.1. The van der Waals surface area contributed by atoms with Crippen molar-refractivity contribution in [1.29, 1.82) is 0 Å². The van der Waals surface area contributed by atoms with Gasteiger partial charge in [0.2, 0.25) is 0 Å². The first-order valence-electron chi connectivity index (χ1n) is 18.8. The molecular formula is C41H54N2O5S. The summed E-state index contributed by atoms with van der Waals surface area (Å²) in [4.78, 5) is 29.6. The Balaban J connectivity index is 1.24. The van der Waals surface area contributed by atoms with Crippen molar-refractivity contribution in [2.24, 2.45) is 22.1 Å². The molecule has 2 aromatic carbocycles. The molecule has 0 saturated heterocycles. The van der Waals surface area contributed by atoms with Gasteiger partial charge in [0.25, 0.3) is 5.91 Å². The number of ketones is 1. The van der Waals surface area contributed by atoms with E-state index in [4.69, 9.17) is 9.47 Å². The van der Waals surface area contributed by atoms with E-state index < -0.39 is 15.6 Å². The van der Waals surface area contributed by atoms with Crippen LogP contribution in [0.25, 0.3) is 0 Å². The molecule has 2 fully saturated rings. The predicted octanol–water partition coefficient (Wildman–Crippen LogP) is 8.01. The minimum Gasteiger partial charge on any atom is -0.490 e. The molecule has 2 aliphatic heterocycles. The van der Waals surface area contributed by atoms with Gasteiger partial charge in [-0.15, -0.1) is 0 Å². The van der Waals surface area contributed by atoms with Gasteiger partial charge in [0.15, 0.2) is 0 Å². The first kappa shape index (κ1) is 34.5. The molecule has 3 aliphatic carbocycles. The van der Waals surface area contributed by atoms with E-state index >= 15 is 0 Å². The largest absolute Gasteiger partial charge is 0.490 e. The number of Topliss-reactive ketones (excluding diaryl/α,β-unsaturated/α-hetero) is 1. The molecule has 2 aromatic rings.